The van der Waals surface area contributed by atoms with Gasteiger partial charge in [0.1, 0.15) is 0 Å². The van der Waals surface area contributed by atoms with Crippen molar-refractivity contribution in [3.8, 4) is 11.1 Å². The van der Waals surface area contributed by atoms with Crippen molar-refractivity contribution in [2.24, 2.45) is 0 Å². The fraction of sp³-hybridized carbons (Fsp3) is 0.0588. The van der Waals surface area contributed by atoms with Crippen LogP contribution in [0.25, 0.3) is 11.1 Å². The molecule has 0 aliphatic carbocycles. The Kier molecular flexibility index (Phi) is 3.83. The van der Waals surface area contributed by atoms with Gasteiger partial charge in [-0.1, -0.05) is 12.1 Å². The minimum absolute atomic E-state index is 0.166. The summed E-state index contributed by atoms with van der Waals surface area (Å²) in [6.45, 7) is 1.85. The SMILES string of the molecule is Cc1ccc(-c2ccoc2)cc1NS(=O)(=O)c1ccc(N)cc1. The number of anilines is 2. The van der Waals surface area contributed by atoms with Gasteiger partial charge in [-0.05, 0) is 54.4 Å². The van der Waals surface area contributed by atoms with Crippen molar-refractivity contribution in [1.82, 2.24) is 0 Å². The molecule has 0 spiro atoms. The lowest BCUT2D eigenvalue weighted by Gasteiger charge is -2.12. The smallest absolute Gasteiger partial charge is 0.261 e. The summed E-state index contributed by atoms with van der Waals surface area (Å²) in [5.74, 6) is 0. The van der Waals surface area contributed by atoms with E-state index < -0.39 is 10.0 Å². The van der Waals surface area contributed by atoms with Crippen molar-refractivity contribution in [3.05, 3.63) is 66.6 Å². The van der Waals surface area contributed by atoms with Gasteiger partial charge in [0.15, 0.2) is 0 Å². The van der Waals surface area contributed by atoms with Gasteiger partial charge in [0, 0.05) is 11.3 Å². The quantitative estimate of drug-likeness (QED) is 0.716. The van der Waals surface area contributed by atoms with Crippen LogP contribution in [0, 0.1) is 6.92 Å². The molecule has 0 saturated heterocycles. The zero-order valence-electron chi connectivity index (χ0n) is 12.5. The molecule has 0 unspecified atom stereocenters. The lowest BCUT2D eigenvalue weighted by atomic mass is 10.1. The number of nitrogens with two attached hydrogens (primary N) is 1. The maximum atomic E-state index is 12.5. The van der Waals surface area contributed by atoms with E-state index in [9.17, 15) is 8.42 Å². The molecule has 3 rings (SSSR count). The summed E-state index contributed by atoms with van der Waals surface area (Å²) in [6.07, 6.45) is 3.19. The van der Waals surface area contributed by atoms with Crippen LogP contribution in [0.4, 0.5) is 11.4 Å². The van der Waals surface area contributed by atoms with Crippen LogP contribution in [0.2, 0.25) is 0 Å². The van der Waals surface area contributed by atoms with Gasteiger partial charge < -0.3 is 10.2 Å². The van der Waals surface area contributed by atoms with Crippen LogP contribution in [0.5, 0.6) is 0 Å². The third-order valence-corrected chi connectivity index (χ3v) is 4.91. The Hall–Kier alpha value is -2.73. The number of nitrogen functional groups attached to an aromatic ring is 1. The molecule has 0 radical (unpaired) electrons. The lowest BCUT2D eigenvalue weighted by molar-refractivity contribution is 0.568. The van der Waals surface area contributed by atoms with E-state index in [2.05, 4.69) is 4.72 Å². The molecule has 2 aromatic carbocycles. The van der Waals surface area contributed by atoms with E-state index in [1.54, 1.807) is 30.7 Å². The largest absolute Gasteiger partial charge is 0.472 e. The summed E-state index contributed by atoms with van der Waals surface area (Å²) < 4.78 is 32.7. The summed E-state index contributed by atoms with van der Waals surface area (Å²) in [6, 6.07) is 13.5. The second-order valence-electron chi connectivity index (χ2n) is 5.22. The molecule has 0 bridgehead atoms. The number of hydrogen-bond acceptors (Lipinski definition) is 4. The Morgan fingerprint density at radius 3 is 2.39 bits per heavy atom. The van der Waals surface area contributed by atoms with E-state index in [1.807, 2.05) is 25.1 Å². The molecule has 3 N–H and O–H groups in total. The first kappa shape index (κ1) is 15.2. The van der Waals surface area contributed by atoms with E-state index in [1.165, 1.54) is 12.1 Å². The minimum Gasteiger partial charge on any atom is -0.472 e. The average molecular weight is 328 g/mol. The maximum Gasteiger partial charge on any atom is 0.261 e. The summed E-state index contributed by atoms with van der Waals surface area (Å²) in [5.41, 5.74) is 9.23. The molecule has 23 heavy (non-hydrogen) atoms. The van der Waals surface area contributed by atoms with Crippen LogP contribution in [0.15, 0.2) is 70.4 Å². The number of nitrogens with one attached hydrogen (secondary N) is 1. The monoisotopic (exact) mass is 328 g/mol. The van der Waals surface area contributed by atoms with Gasteiger partial charge in [-0.25, -0.2) is 8.42 Å². The van der Waals surface area contributed by atoms with E-state index >= 15 is 0 Å². The average Bonchev–Trinajstić information content (AvgIpc) is 3.04. The molecule has 0 atom stereocenters. The summed E-state index contributed by atoms with van der Waals surface area (Å²) in [7, 11) is -3.67. The normalized spacial score (nSPS) is 11.3. The van der Waals surface area contributed by atoms with Gasteiger partial charge in [-0.15, -0.1) is 0 Å². The van der Waals surface area contributed by atoms with Gasteiger partial charge in [-0.3, -0.25) is 4.72 Å². The topological polar surface area (TPSA) is 85.3 Å². The number of sulfonamides is 1. The number of furan rings is 1. The van der Waals surface area contributed by atoms with Crippen molar-refractivity contribution in [1.29, 1.82) is 0 Å². The Balaban J connectivity index is 1.96. The highest BCUT2D eigenvalue weighted by molar-refractivity contribution is 7.92. The third kappa shape index (κ3) is 3.22. The van der Waals surface area contributed by atoms with Gasteiger partial charge in [0.25, 0.3) is 10.0 Å². The van der Waals surface area contributed by atoms with Crippen molar-refractivity contribution in [2.75, 3.05) is 10.5 Å². The highest BCUT2D eigenvalue weighted by Crippen LogP contribution is 2.27. The van der Waals surface area contributed by atoms with E-state index in [-0.39, 0.29) is 4.90 Å². The highest BCUT2D eigenvalue weighted by Gasteiger charge is 2.15. The number of benzene rings is 2. The second kappa shape index (κ2) is 5.81. The maximum absolute atomic E-state index is 12.5. The molecule has 6 heteroatoms. The summed E-state index contributed by atoms with van der Waals surface area (Å²) >= 11 is 0. The molecule has 0 aliphatic heterocycles. The highest BCUT2D eigenvalue weighted by atomic mass is 32.2. The van der Waals surface area contributed by atoms with Crippen molar-refractivity contribution >= 4 is 21.4 Å². The van der Waals surface area contributed by atoms with Crippen LogP contribution >= 0.6 is 0 Å². The van der Waals surface area contributed by atoms with Crippen LogP contribution < -0.4 is 10.5 Å². The third-order valence-electron chi connectivity index (χ3n) is 3.53. The summed E-state index contributed by atoms with van der Waals surface area (Å²) in [5, 5.41) is 0. The predicted molar refractivity (Wildman–Crippen MR) is 90.5 cm³/mol. The van der Waals surface area contributed by atoms with E-state index in [0.29, 0.717) is 11.4 Å². The van der Waals surface area contributed by atoms with Crippen molar-refractivity contribution < 1.29 is 12.8 Å². The minimum atomic E-state index is -3.67. The first-order valence-corrected chi connectivity index (χ1v) is 8.45. The summed E-state index contributed by atoms with van der Waals surface area (Å²) in [4.78, 5) is 0.166. The standard InChI is InChI=1S/C17H16N2O3S/c1-12-2-3-13(14-8-9-22-11-14)10-17(12)19-23(20,21)16-6-4-15(18)5-7-16/h2-11,19H,18H2,1H3. The van der Waals surface area contributed by atoms with Gasteiger partial charge in [0.2, 0.25) is 0 Å². The van der Waals surface area contributed by atoms with Crippen molar-refractivity contribution in [3.63, 3.8) is 0 Å². The van der Waals surface area contributed by atoms with E-state index in [4.69, 9.17) is 10.2 Å². The Labute approximate surface area is 134 Å². The zero-order chi connectivity index (χ0) is 16.4. The lowest BCUT2D eigenvalue weighted by Crippen LogP contribution is -2.13. The number of rotatable bonds is 4. The van der Waals surface area contributed by atoms with Crippen LogP contribution in [0.3, 0.4) is 0 Å². The van der Waals surface area contributed by atoms with Gasteiger partial charge >= 0.3 is 0 Å². The molecular formula is C17H16N2O3S. The molecule has 5 nitrogen and oxygen atoms in total. The number of aryl methyl sites for hydroxylation is 1. The zero-order valence-corrected chi connectivity index (χ0v) is 13.3. The van der Waals surface area contributed by atoms with Crippen LogP contribution in [-0.4, -0.2) is 8.42 Å². The first-order valence-electron chi connectivity index (χ1n) is 6.97. The Morgan fingerprint density at radius 1 is 1.00 bits per heavy atom. The fourth-order valence-corrected chi connectivity index (χ4v) is 3.31. The molecule has 3 aromatic rings. The molecule has 0 saturated carbocycles. The molecule has 1 aromatic heterocycles. The second-order valence-corrected chi connectivity index (χ2v) is 6.90. The first-order chi connectivity index (χ1) is 11.0. The van der Waals surface area contributed by atoms with Crippen molar-refractivity contribution in [2.45, 2.75) is 11.8 Å². The predicted octanol–water partition coefficient (Wildman–Crippen LogP) is 3.64. The van der Waals surface area contributed by atoms with Gasteiger partial charge in [-0.2, -0.15) is 0 Å². The molecular weight excluding hydrogens is 312 g/mol. The Bertz CT molecular complexity index is 915. The molecule has 0 fully saturated rings. The van der Waals surface area contributed by atoms with Crippen LogP contribution in [0.1, 0.15) is 5.56 Å². The molecule has 0 aliphatic rings. The number of hydrogen-bond donors (Lipinski definition) is 2. The van der Waals surface area contributed by atoms with Gasteiger partial charge in [0.05, 0.1) is 23.1 Å². The van der Waals surface area contributed by atoms with Crippen LogP contribution in [-0.2, 0) is 10.0 Å². The molecule has 0 amide bonds. The molecule has 118 valence electrons. The molecule has 1 heterocycles. The Morgan fingerprint density at radius 2 is 1.74 bits per heavy atom. The van der Waals surface area contributed by atoms with E-state index in [0.717, 1.165) is 16.7 Å². The fourth-order valence-electron chi connectivity index (χ4n) is 2.19.